The molecule has 3 atom stereocenters. The fraction of sp³-hybridized carbons (Fsp3) is 0.647. The van der Waals surface area contributed by atoms with E-state index in [0.29, 0.717) is 12.5 Å². The molecule has 0 spiro atoms. The third kappa shape index (κ3) is 4.54. The van der Waals surface area contributed by atoms with Gasteiger partial charge in [0.2, 0.25) is 0 Å². The fourth-order valence-electron chi connectivity index (χ4n) is 3.37. The van der Waals surface area contributed by atoms with Crippen LogP contribution in [0.3, 0.4) is 0 Å². The molecule has 1 saturated carbocycles. The first-order valence-electron chi connectivity index (χ1n) is 7.51. The van der Waals surface area contributed by atoms with E-state index in [1.54, 1.807) is 0 Å². The minimum Gasteiger partial charge on any atom is -0.493 e. The highest BCUT2D eigenvalue weighted by Crippen LogP contribution is 2.35. The number of aliphatic hydroxyl groups excluding tert-OH is 1. The Labute approximate surface area is 116 Å². The van der Waals surface area contributed by atoms with Crippen LogP contribution in [-0.2, 0) is 0 Å². The molecule has 1 aromatic carbocycles. The molecule has 0 aromatic heterocycles. The van der Waals surface area contributed by atoms with Crippen LogP contribution in [0, 0.1) is 17.8 Å². The highest BCUT2D eigenvalue weighted by molar-refractivity contribution is 5.20. The van der Waals surface area contributed by atoms with E-state index in [2.05, 4.69) is 13.8 Å². The van der Waals surface area contributed by atoms with Crippen LogP contribution < -0.4 is 4.74 Å². The molecule has 106 valence electrons. The lowest BCUT2D eigenvalue weighted by Gasteiger charge is -2.34. The van der Waals surface area contributed by atoms with Gasteiger partial charge in [-0.25, -0.2) is 0 Å². The lowest BCUT2D eigenvalue weighted by Crippen LogP contribution is -2.30. The summed E-state index contributed by atoms with van der Waals surface area (Å²) in [6.07, 6.45) is 4.16. The lowest BCUT2D eigenvalue weighted by molar-refractivity contribution is 0.0400. The number of ether oxygens (including phenoxy) is 1. The summed E-state index contributed by atoms with van der Waals surface area (Å²) in [5.41, 5.74) is 0. The molecule has 2 heteroatoms. The first kappa shape index (κ1) is 14.4. The van der Waals surface area contributed by atoms with Crippen LogP contribution in [0.5, 0.6) is 5.75 Å². The monoisotopic (exact) mass is 262 g/mol. The molecule has 19 heavy (non-hydrogen) atoms. The zero-order valence-electron chi connectivity index (χ0n) is 12.1. The molecule has 1 aromatic rings. The van der Waals surface area contributed by atoms with Gasteiger partial charge in [0, 0.05) is 6.42 Å². The van der Waals surface area contributed by atoms with Crippen molar-refractivity contribution in [2.45, 2.75) is 45.6 Å². The summed E-state index contributed by atoms with van der Waals surface area (Å²) >= 11 is 0. The summed E-state index contributed by atoms with van der Waals surface area (Å²) < 4.78 is 5.66. The molecular weight excluding hydrogens is 236 g/mol. The maximum atomic E-state index is 10.3. The normalized spacial score (nSPS) is 28.9. The van der Waals surface area contributed by atoms with Crippen molar-refractivity contribution in [3.8, 4) is 5.75 Å². The maximum absolute atomic E-state index is 10.3. The van der Waals surface area contributed by atoms with Crippen LogP contribution in [0.15, 0.2) is 30.3 Å². The molecule has 0 heterocycles. The summed E-state index contributed by atoms with van der Waals surface area (Å²) in [7, 11) is 0. The van der Waals surface area contributed by atoms with Crippen LogP contribution in [0.1, 0.15) is 39.5 Å². The highest BCUT2D eigenvalue weighted by atomic mass is 16.5. The molecule has 0 saturated heterocycles. The summed E-state index contributed by atoms with van der Waals surface area (Å²) in [4.78, 5) is 0. The van der Waals surface area contributed by atoms with Gasteiger partial charge in [-0.3, -0.25) is 0 Å². The van der Waals surface area contributed by atoms with E-state index in [4.69, 9.17) is 4.74 Å². The summed E-state index contributed by atoms with van der Waals surface area (Å²) in [6, 6.07) is 9.83. The van der Waals surface area contributed by atoms with Gasteiger partial charge in [-0.15, -0.1) is 0 Å². The average molecular weight is 262 g/mol. The second-order valence-electron chi connectivity index (χ2n) is 6.20. The van der Waals surface area contributed by atoms with Crippen molar-refractivity contribution in [1.29, 1.82) is 0 Å². The number of aliphatic hydroxyl groups is 1. The summed E-state index contributed by atoms with van der Waals surface area (Å²) in [6.45, 7) is 5.20. The van der Waals surface area contributed by atoms with Crippen LogP contribution >= 0.6 is 0 Å². The Morgan fingerprint density at radius 1 is 1.11 bits per heavy atom. The number of rotatable bonds is 5. The van der Waals surface area contributed by atoms with Crippen molar-refractivity contribution >= 4 is 0 Å². The Bertz CT molecular complexity index is 353. The second-order valence-corrected chi connectivity index (χ2v) is 6.20. The minimum absolute atomic E-state index is 0.214. The van der Waals surface area contributed by atoms with Crippen molar-refractivity contribution in [1.82, 2.24) is 0 Å². The van der Waals surface area contributed by atoms with Gasteiger partial charge in [0.15, 0.2) is 0 Å². The molecule has 1 fully saturated rings. The Morgan fingerprint density at radius 3 is 2.37 bits per heavy atom. The van der Waals surface area contributed by atoms with Crippen molar-refractivity contribution in [2.24, 2.45) is 17.8 Å². The predicted molar refractivity (Wildman–Crippen MR) is 78.2 cm³/mol. The van der Waals surface area contributed by atoms with Crippen molar-refractivity contribution < 1.29 is 9.84 Å². The number of para-hydroxylation sites is 1. The van der Waals surface area contributed by atoms with E-state index in [1.165, 1.54) is 6.42 Å². The first-order valence-corrected chi connectivity index (χ1v) is 7.51. The Kier molecular flexibility index (Phi) is 5.26. The zero-order chi connectivity index (χ0) is 13.7. The minimum atomic E-state index is -0.214. The van der Waals surface area contributed by atoms with Crippen LogP contribution in [0.2, 0.25) is 0 Å². The fourth-order valence-corrected chi connectivity index (χ4v) is 3.37. The number of hydrogen-bond acceptors (Lipinski definition) is 2. The SMILES string of the molecule is CC1CC(C)CC(C(O)CCOc2ccccc2)C1. The van der Waals surface area contributed by atoms with Crippen molar-refractivity contribution in [3.05, 3.63) is 30.3 Å². The Balaban J connectivity index is 1.73. The Hall–Kier alpha value is -1.02. The number of benzene rings is 1. The Morgan fingerprint density at radius 2 is 1.74 bits per heavy atom. The van der Waals surface area contributed by atoms with E-state index in [1.807, 2.05) is 30.3 Å². The van der Waals surface area contributed by atoms with Gasteiger partial charge in [-0.2, -0.15) is 0 Å². The zero-order valence-corrected chi connectivity index (χ0v) is 12.1. The van der Waals surface area contributed by atoms with Gasteiger partial charge in [0.1, 0.15) is 5.75 Å². The van der Waals surface area contributed by atoms with Crippen LogP contribution in [-0.4, -0.2) is 17.8 Å². The van der Waals surface area contributed by atoms with Gasteiger partial charge < -0.3 is 9.84 Å². The third-order valence-electron chi connectivity index (χ3n) is 4.18. The molecule has 1 N–H and O–H groups in total. The molecule has 3 unspecified atom stereocenters. The summed E-state index contributed by atoms with van der Waals surface area (Å²) in [5.74, 6) is 2.84. The molecule has 0 amide bonds. The standard InChI is InChI=1S/C17H26O2/c1-13-10-14(2)12-15(11-13)17(18)8-9-19-16-6-4-3-5-7-16/h3-7,13-15,17-18H,8-12H2,1-2H3. The molecule has 0 bridgehead atoms. The van der Waals surface area contributed by atoms with Gasteiger partial charge >= 0.3 is 0 Å². The molecule has 2 nitrogen and oxygen atoms in total. The largest absolute Gasteiger partial charge is 0.493 e. The molecule has 0 radical (unpaired) electrons. The van der Waals surface area contributed by atoms with E-state index in [0.717, 1.165) is 36.8 Å². The van der Waals surface area contributed by atoms with Crippen molar-refractivity contribution in [3.63, 3.8) is 0 Å². The van der Waals surface area contributed by atoms with E-state index in [9.17, 15) is 5.11 Å². The van der Waals surface area contributed by atoms with Crippen LogP contribution in [0.25, 0.3) is 0 Å². The second kappa shape index (κ2) is 6.95. The van der Waals surface area contributed by atoms with Gasteiger partial charge in [-0.1, -0.05) is 32.0 Å². The van der Waals surface area contributed by atoms with Gasteiger partial charge in [0.05, 0.1) is 12.7 Å². The van der Waals surface area contributed by atoms with E-state index < -0.39 is 0 Å². The smallest absolute Gasteiger partial charge is 0.119 e. The summed E-state index contributed by atoms with van der Waals surface area (Å²) in [5, 5.41) is 10.3. The highest BCUT2D eigenvalue weighted by Gasteiger charge is 2.28. The third-order valence-corrected chi connectivity index (χ3v) is 4.18. The molecule has 1 aliphatic rings. The maximum Gasteiger partial charge on any atom is 0.119 e. The molecule has 1 aliphatic carbocycles. The topological polar surface area (TPSA) is 29.5 Å². The first-order chi connectivity index (χ1) is 9.15. The molecular formula is C17H26O2. The van der Waals surface area contributed by atoms with Crippen molar-refractivity contribution in [2.75, 3.05) is 6.61 Å². The van der Waals surface area contributed by atoms with E-state index in [-0.39, 0.29) is 6.10 Å². The average Bonchev–Trinajstić information content (AvgIpc) is 2.38. The quantitative estimate of drug-likeness (QED) is 0.872. The van der Waals surface area contributed by atoms with Gasteiger partial charge in [0.25, 0.3) is 0 Å². The van der Waals surface area contributed by atoms with Gasteiger partial charge in [-0.05, 0) is 49.1 Å². The lowest BCUT2D eigenvalue weighted by atomic mass is 9.74. The molecule has 0 aliphatic heterocycles. The van der Waals surface area contributed by atoms with Crippen LogP contribution in [0.4, 0.5) is 0 Å². The van der Waals surface area contributed by atoms with E-state index >= 15 is 0 Å². The number of hydrogen-bond donors (Lipinski definition) is 1. The molecule has 2 rings (SSSR count). The predicted octanol–water partition coefficient (Wildman–Crippen LogP) is 3.89.